The van der Waals surface area contributed by atoms with E-state index < -0.39 is 6.61 Å². The molecule has 1 unspecified atom stereocenters. The van der Waals surface area contributed by atoms with E-state index in [2.05, 4.69) is 20.2 Å². The van der Waals surface area contributed by atoms with E-state index in [1.54, 1.807) is 12.1 Å². The zero-order chi connectivity index (χ0) is 19.9. The lowest BCUT2D eigenvalue weighted by molar-refractivity contribution is -0.0512. The zero-order valence-corrected chi connectivity index (χ0v) is 15.6. The van der Waals surface area contributed by atoms with E-state index >= 15 is 0 Å². The summed E-state index contributed by atoms with van der Waals surface area (Å²) in [7, 11) is 1.40. The normalized spacial score (nSPS) is 12.2. The molecule has 3 rings (SSSR count). The molecule has 148 valence electrons. The predicted molar refractivity (Wildman–Crippen MR) is 98.4 cm³/mol. The Morgan fingerprint density at radius 2 is 1.86 bits per heavy atom. The van der Waals surface area contributed by atoms with Crippen LogP contribution in [0.4, 0.5) is 8.78 Å². The molecule has 0 radical (unpaired) electrons. The predicted octanol–water partition coefficient (Wildman–Crippen LogP) is 4.12. The number of halogens is 2. The fourth-order valence-electron chi connectivity index (χ4n) is 2.67. The summed E-state index contributed by atoms with van der Waals surface area (Å²) >= 11 is 0. The highest BCUT2D eigenvalue weighted by molar-refractivity contribution is 5.43. The minimum Gasteiger partial charge on any atom is -0.493 e. The first-order valence-electron chi connectivity index (χ1n) is 8.76. The van der Waals surface area contributed by atoms with Crippen molar-refractivity contribution in [3.05, 3.63) is 71.4 Å². The molecule has 0 bridgehead atoms. The summed E-state index contributed by atoms with van der Waals surface area (Å²) in [5, 5.41) is 7.24. The van der Waals surface area contributed by atoms with E-state index in [4.69, 9.17) is 9.26 Å². The van der Waals surface area contributed by atoms with Gasteiger partial charge in [-0.2, -0.15) is 13.8 Å². The van der Waals surface area contributed by atoms with Crippen molar-refractivity contribution in [3.8, 4) is 11.5 Å². The molecule has 6 nitrogen and oxygen atoms in total. The van der Waals surface area contributed by atoms with Gasteiger partial charge in [0.15, 0.2) is 17.3 Å². The van der Waals surface area contributed by atoms with Crippen LogP contribution in [-0.4, -0.2) is 23.9 Å². The molecule has 0 amide bonds. The van der Waals surface area contributed by atoms with Crippen molar-refractivity contribution in [2.75, 3.05) is 7.11 Å². The molecule has 0 aliphatic rings. The Morgan fingerprint density at radius 1 is 1.07 bits per heavy atom. The molecule has 0 aliphatic heterocycles. The maximum absolute atomic E-state index is 12.5. The second-order valence-corrected chi connectivity index (χ2v) is 6.18. The van der Waals surface area contributed by atoms with E-state index in [1.165, 1.54) is 13.2 Å². The Balaban J connectivity index is 1.60. The van der Waals surface area contributed by atoms with Crippen molar-refractivity contribution >= 4 is 0 Å². The van der Waals surface area contributed by atoms with Crippen LogP contribution in [0.15, 0.2) is 53.1 Å². The second kappa shape index (κ2) is 9.27. The number of hydrogen-bond donors (Lipinski definition) is 1. The molecule has 8 heteroatoms. The lowest BCUT2D eigenvalue weighted by Gasteiger charge is -2.13. The summed E-state index contributed by atoms with van der Waals surface area (Å²) in [4.78, 5) is 4.42. The van der Waals surface area contributed by atoms with Crippen molar-refractivity contribution in [2.45, 2.75) is 32.5 Å². The number of benzene rings is 2. The van der Waals surface area contributed by atoms with Gasteiger partial charge in [-0.05, 0) is 30.2 Å². The maximum atomic E-state index is 12.5. The van der Waals surface area contributed by atoms with Crippen molar-refractivity contribution in [1.82, 2.24) is 15.5 Å². The van der Waals surface area contributed by atoms with Gasteiger partial charge in [-0.15, -0.1) is 0 Å². The molecule has 2 aromatic carbocycles. The van der Waals surface area contributed by atoms with Gasteiger partial charge in [0, 0.05) is 13.0 Å². The Morgan fingerprint density at radius 3 is 2.57 bits per heavy atom. The van der Waals surface area contributed by atoms with Gasteiger partial charge in [-0.1, -0.05) is 41.6 Å². The van der Waals surface area contributed by atoms with Crippen LogP contribution in [0.3, 0.4) is 0 Å². The number of methoxy groups -OCH3 is 1. The van der Waals surface area contributed by atoms with Crippen molar-refractivity contribution < 1.29 is 22.8 Å². The minimum atomic E-state index is -2.92. The molecular formula is C20H21F2N3O3. The highest BCUT2D eigenvalue weighted by Crippen LogP contribution is 2.29. The summed E-state index contributed by atoms with van der Waals surface area (Å²) in [6, 6.07) is 14.5. The lowest BCUT2D eigenvalue weighted by atomic mass is 10.1. The quantitative estimate of drug-likeness (QED) is 0.594. The average Bonchev–Trinajstić information content (AvgIpc) is 3.15. The second-order valence-electron chi connectivity index (χ2n) is 6.18. The van der Waals surface area contributed by atoms with Crippen LogP contribution in [0.5, 0.6) is 11.5 Å². The standard InChI is InChI=1S/C20H21F2N3O3/c1-13(19-24-18(25-28-19)11-14-6-4-3-5-7-14)23-12-15-8-9-16(26-2)17(10-15)27-20(21)22/h3-10,13,20,23H,11-12H2,1-2H3. The number of ether oxygens (including phenoxy) is 2. The van der Waals surface area contributed by atoms with Crippen LogP contribution in [-0.2, 0) is 13.0 Å². The summed E-state index contributed by atoms with van der Waals surface area (Å²) in [6.45, 7) is -0.626. The van der Waals surface area contributed by atoms with E-state index in [1.807, 2.05) is 37.3 Å². The smallest absolute Gasteiger partial charge is 0.387 e. The van der Waals surface area contributed by atoms with Gasteiger partial charge in [0.1, 0.15) is 0 Å². The van der Waals surface area contributed by atoms with Crippen LogP contribution >= 0.6 is 0 Å². The molecule has 1 N–H and O–H groups in total. The topological polar surface area (TPSA) is 69.4 Å². The highest BCUT2D eigenvalue weighted by Gasteiger charge is 2.15. The molecule has 0 fully saturated rings. The van der Waals surface area contributed by atoms with Gasteiger partial charge in [-0.3, -0.25) is 0 Å². The average molecular weight is 389 g/mol. The van der Waals surface area contributed by atoms with E-state index in [-0.39, 0.29) is 17.5 Å². The van der Waals surface area contributed by atoms with Crippen LogP contribution in [0.2, 0.25) is 0 Å². The van der Waals surface area contributed by atoms with Crippen molar-refractivity contribution in [3.63, 3.8) is 0 Å². The molecule has 3 aromatic rings. The molecule has 0 saturated heterocycles. The summed E-state index contributed by atoms with van der Waals surface area (Å²) in [6.07, 6.45) is 0.587. The fourth-order valence-corrected chi connectivity index (χ4v) is 2.67. The third-order valence-corrected chi connectivity index (χ3v) is 4.12. The van der Waals surface area contributed by atoms with Gasteiger partial charge in [0.2, 0.25) is 5.89 Å². The maximum Gasteiger partial charge on any atom is 0.387 e. The van der Waals surface area contributed by atoms with Crippen molar-refractivity contribution in [2.24, 2.45) is 0 Å². The highest BCUT2D eigenvalue weighted by atomic mass is 19.3. The largest absolute Gasteiger partial charge is 0.493 e. The van der Waals surface area contributed by atoms with Gasteiger partial charge in [0.25, 0.3) is 0 Å². The number of nitrogens with one attached hydrogen (secondary N) is 1. The Bertz CT molecular complexity index is 887. The Kier molecular flexibility index (Phi) is 6.54. The van der Waals surface area contributed by atoms with Crippen LogP contribution < -0.4 is 14.8 Å². The molecule has 1 heterocycles. The summed E-state index contributed by atoms with van der Waals surface area (Å²) in [5.74, 6) is 1.31. The number of rotatable bonds is 9. The fraction of sp³-hybridized carbons (Fsp3) is 0.300. The molecule has 28 heavy (non-hydrogen) atoms. The number of hydrogen-bond acceptors (Lipinski definition) is 6. The third kappa shape index (κ3) is 5.26. The number of nitrogens with zero attached hydrogens (tertiary/aromatic N) is 2. The summed E-state index contributed by atoms with van der Waals surface area (Å²) in [5.41, 5.74) is 1.85. The Hall–Kier alpha value is -3.00. The molecule has 0 aliphatic carbocycles. The van der Waals surface area contributed by atoms with E-state index in [0.717, 1.165) is 11.1 Å². The van der Waals surface area contributed by atoms with Gasteiger partial charge in [-0.25, -0.2) is 0 Å². The lowest BCUT2D eigenvalue weighted by Crippen LogP contribution is -2.18. The van der Waals surface area contributed by atoms with Crippen molar-refractivity contribution in [1.29, 1.82) is 0 Å². The minimum absolute atomic E-state index is 0.00705. The van der Waals surface area contributed by atoms with Crippen LogP contribution in [0.1, 0.15) is 35.8 Å². The number of aromatic nitrogens is 2. The van der Waals surface area contributed by atoms with Gasteiger partial charge >= 0.3 is 6.61 Å². The van der Waals surface area contributed by atoms with Crippen LogP contribution in [0.25, 0.3) is 0 Å². The van der Waals surface area contributed by atoms with E-state index in [9.17, 15) is 8.78 Å². The molecule has 1 atom stereocenters. The van der Waals surface area contributed by atoms with Gasteiger partial charge < -0.3 is 19.3 Å². The molecule has 0 saturated carbocycles. The first-order valence-corrected chi connectivity index (χ1v) is 8.76. The van der Waals surface area contributed by atoms with Gasteiger partial charge in [0.05, 0.1) is 13.2 Å². The van der Waals surface area contributed by atoms with Crippen LogP contribution in [0, 0.1) is 0 Å². The zero-order valence-electron chi connectivity index (χ0n) is 15.6. The monoisotopic (exact) mass is 389 g/mol. The first kappa shape index (κ1) is 19.8. The molecular weight excluding hydrogens is 368 g/mol. The Labute approximate surface area is 161 Å². The SMILES string of the molecule is COc1ccc(CNC(C)c2nc(Cc3ccccc3)no2)cc1OC(F)F. The number of alkyl halides is 2. The van der Waals surface area contributed by atoms with E-state index in [0.29, 0.717) is 24.7 Å². The first-order chi connectivity index (χ1) is 13.5. The summed E-state index contributed by atoms with van der Waals surface area (Å²) < 4.78 is 40.0. The third-order valence-electron chi connectivity index (χ3n) is 4.12. The molecule has 1 aromatic heterocycles. The molecule has 0 spiro atoms.